The van der Waals surface area contributed by atoms with Crippen LogP contribution >= 0.6 is 0 Å². The van der Waals surface area contributed by atoms with E-state index < -0.39 is 0 Å². The molecule has 1 N–H and O–H groups in total. The van der Waals surface area contributed by atoms with E-state index in [1.54, 1.807) is 0 Å². The molecule has 1 amide bonds. The van der Waals surface area contributed by atoms with Gasteiger partial charge in [0.25, 0.3) is 0 Å². The molecule has 0 bridgehead atoms. The summed E-state index contributed by atoms with van der Waals surface area (Å²) in [5, 5.41) is 3.43. The largest absolute Gasteiger partial charge is 0.339 e. The number of hydrogen-bond donors (Lipinski definition) is 1. The van der Waals surface area contributed by atoms with Crippen molar-refractivity contribution in [1.82, 2.24) is 10.2 Å². The number of nitrogens with zero attached hydrogens (tertiary/aromatic N) is 1. The first-order valence-electron chi connectivity index (χ1n) is 7.61. The molecular weight excluding hydrogens is 224 g/mol. The van der Waals surface area contributed by atoms with Crippen LogP contribution in [0.1, 0.15) is 52.9 Å². The van der Waals surface area contributed by atoms with Crippen LogP contribution in [-0.4, -0.2) is 36.0 Å². The lowest BCUT2D eigenvalue weighted by Crippen LogP contribution is -2.45. The second-order valence-electron chi connectivity index (χ2n) is 6.52. The van der Waals surface area contributed by atoms with Crippen LogP contribution < -0.4 is 5.32 Å². The summed E-state index contributed by atoms with van der Waals surface area (Å²) in [4.78, 5) is 14.8. The molecular formula is C15H28N2O. The van der Waals surface area contributed by atoms with Crippen molar-refractivity contribution in [3.05, 3.63) is 0 Å². The van der Waals surface area contributed by atoms with Crippen molar-refractivity contribution in [2.45, 2.75) is 65.0 Å². The smallest absolute Gasteiger partial charge is 0.226 e. The molecule has 2 atom stereocenters. The van der Waals surface area contributed by atoms with Gasteiger partial charge in [0, 0.05) is 24.5 Å². The minimum atomic E-state index is 0.272. The third kappa shape index (κ3) is 3.71. The van der Waals surface area contributed by atoms with E-state index in [2.05, 4.69) is 31.0 Å². The van der Waals surface area contributed by atoms with E-state index in [1.165, 1.54) is 12.8 Å². The Kier molecular flexibility index (Phi) is 4.66. The Morgan fingerprint density at radius 3 is 2.61 bits per heavy atom. The molecule has 0 aromatic heterocycles. The van der Waals surface area contributed by atoms with Crippen LogP contribution in [0.4, 0.5) is 0 Å². The van der Waals surface area contributed by atoms with E-state index in [-0.39, 0.29) is 5.92 Å². The topological polar surface area (TPSA) is 32.3 Å². The second kappa shape index (κ2) is 6.05. The molecule has 2 rings (SSSR count). The van der Waals surface area contributed by atoms with Gasteiger partial charge >= 0.3 is 0 Å². The van der Waals surface area contributed by atoms with Crippen molar-refractivity contribution < 1.29 is 4.79 Å². The zero-order chi connectivity index (χ0) is 13.1. The number of carbonyl (C=O) groups is 1. The predicted octanol–water partition coefficient (Wildman–Crippen LogP) is 2.41. The molecule has 1 saturated heterocycles. The second-order valence-corrected chi connectivity index (χ2v) is 6.52. The molecule has 1 aliphatic carbocycles. The van der Waals surface area contributed by atoms with E-state index in [0.717, 1.165) is 32.4 Å². The quantitative estimate of drug-likeness (QED) is 0.815. The van der Waals surface area contributed by atoms with Crippen LogP contribution in [0.3, 0.4) is 0 Å². The van der Waals surface area contributed by atoms with E-state index in [9.17, 15) is 4.79 Å². The first kappa shape index (κ1) is 13.9. The molecule has 0 aromatic carbocycles. The summed E-state index contributed by atoms with van der Waals surface area (Å²) in [7, 11) is 0. The Bertz CT molecular complexity index is 286. The van der Waals surface area contributed by atoms with E-state index >= 15 is 0 Å². The van der Waals surface area contributed by atoms with Crippen LogP contribution in [0.25, 0.3) is 0 Å². The lowest BCUT2D eigenvalue weighted by atomic mass is 9.91. The molecule has 1 aliphatic heterocycles. The minimum Gasteiger partial charge on any atom is -0.339 e. The van der Waals surface area contributed by atoms with Gasteiger partial charge in [0.1, 0.15) is 0 Å². The Labute approximate surface area is 111 Å². The fourth-order valence-corrected chi connectivity index (χ4v) is 2.85. The molecule has 104 valence electrons. The summed E-state index contributed by atoms with van der Waals surface area (Å²) >= 11 is 0. The molecule has 1 saturated carbocycles. The van der Waals surface area contributed by atoms with Gasteiger partial charge in [-0.05, 0) is 51.5 Å². The summed E-state index contributed by atoms with van der Waals surface area (Å²) in [6.45, 7) is 8.64. The Morgan fingerprint density at radius 1 is 1.33 bits per heavy atom. The van der Waals surface area contributed by atoms with Crippen molar-refractivity contribution >= 4 is 5.91 Å². The van der Waals surface area contributed by atoms with Crippen molar-refractivity contribution in [2.24, 2.45) is 11.8 Å². The van der Waals surface area contributed by atoms with Gasteiger partial charge in [-0.1, -0.05) is 13.8 Å². The van der Waals surface area contributed by atoms with Crippen LogP contribution in [0.5, 0.6) is 0 Å². The first-order chi connectivity index (χ1) is 8.58. The molecule has 0 radical (unpaired) electrons. The number of amides is 1. The number of carbonyl (C=O) groups excluding carboxylic acids is 1. The number of rotatable bonds is 5. The zero-order valence-corrected chi connectivity index (χ0v) is 12.1. The van der Waals surface area contributed by atoms with Crippen LogP contribution in [-0.2, 0) is 4.79 Å². The van der Waals surface area contributed by atoms with Gasteiger partial charge in [0.2, 0.25) is 5.91 Å². The summed E-state index contributed by atoms with van der Waals surface area (Å²) in [6, 6.07) is 1.07. The lowest BCUT2D eigenvalue weighted by molar-refractivity contribution is -0.137. The van der Waals surface area contributed by atoms with Crippen LogP contribution in [0.2, 0.25) is 0 Å². The molecule has 0 aromatic rings. The van der Waals surface area contributed by atoms with E-state index in [4.69, 9.17) is 0 Å². The highest BCUT2D eigenvalue weighted by Crippen LogP contribution is 2.30. The monoisotopic (exact) mass is 252 g/mol. The molecule has 2 aliphatic rings. The Hall–Kier alpha value is -0.570. The minimum absolute atomic E-state index is 0.272. The molecule has 0 spiro atoms. The fourth-order valence-electron chi connectivity index (χ4n) is 2.85. The first-order valence-corrected chi connectivity index (χ1v) is 7.61. The predicted molar refractivity (Wildman–Crippen MR) is 74.4 cm³/mol. The van der Waals surface area contributed by atoms with Crippen molar-refractivity contribution in [2.75, 3.05) is 13.1 Å². The highest BCUT2D eigenvalue weighted by atomic mass is 16.2. The van der Waals surface area contributed by atoms with E-state index in [0.29, 0.717) is 23.9 Å². The standard InChI is InChI=1S/C15H28N2O/c1-11(2)7-9-17(14-4-5-14)15(18)13-6-8-16-12(3)10-13/h11-14,16H,4-10H2,1-3H3. The van der Waals surface area contributed by atoms with Crippen molar-refractivity contribution in [3.8, 4) is 0 Å². The van der Waals surface area contributed by atoms with Crippen molar-refractivity contribution in [3.63, 3.8) is 0 Å². The molecule has 1 heterocycles. The van der Waals surface area contributed by atoms with Gasteiger partial charge in [-0.3, -0.25) is 4.79 Å². The fraction of sp³-hybridized carbons (Fsp3) is 0.933. The molecule has 2 unspecified atom stereocenters. The van der Waals surface area contributed by atoms with Gasteiger partial charge < -0.3 is 10.2 Å². The molecule has 3 heteroatoms. The normalized spacial score (nSPS) is 28.4. The van der Waals surface area contributed by atoms with E-state index in [1.807, 2.05) is 0 Å². The molecule has 18 heavy (non-hydrogen) atoms. The van der Waals surface area contributed by atoms with Gasteiger partial charge in [0.05, 0.1) is 0 Å². The maximum atomic E-state index is 12.6. The number of nitrogens with one attached hydrogen (secondary N) is 1. The molecule has 3 nitrogen and oxygen atoms in total. The number of hydrogen-bond acceptors (Lipinski definition) is 2. The average molecular weight is 252 g/mol. The summed E-state index contributed by atoms with van der Waals surface area (Å²) in [5.74, 6) is 1.39. The van der Waals surface area contributed by atoms with Crippen molar-refractivity contribution in [1.29, 1.82) is 0 Å². The third-order valence-electron chi connectivity index (χ3n) is 4.19. The maximum Gasteiger partial charge on any atom is 0.226 e. The Morgan fingerprint density at radius 2 is 2.06 bits per heavy atom. The van der Waals surface area contributed by atoms with Crippen LogP contribution in [0.15, 0.2) is 0 Å². The Balaban J connectivity index is 1.90. The summed E-state index contributed by atoms with van der Waals surface area (Å²) in [6.07, 6.45) is 5.63. The zero-order valence-electron chi connectivity index (χ0n) is 12.1. The van der Waals surface area contributed by atoms with Gasteiger partial charge in [0.15, 0.2) is 0 Å². The van der Waals surface area contributed by atoms with Gasteiger partial charge in [-0.15, -0.1) is 0 Å². The lowest BCUT2D eigenvalue weighted by Gasteiger charge is -2.32. The van der Waals surface area contributed by atoms with Gasteiger partial charge in [-0.25, -0.2) is 0 Å². The van der Waals surface area contributed by atoms with Gasteiger partial charge in [-0.2, -0.15) is 0 Å². The SMILES string of the molecule is CC(C)CCN(C(=O)C1CCNC(C)C1)C1CC1. The highest BCUT2D eigenvalue weighted by molar-refractivity contribution is 5.79. The number of piperidine rings is 1. The highest BCUT2D eigenvalue weighted by Gasteiger charge is 2.36. The maximum absolute atomic E-state index is 12.6. The third-order valence-corrected chi connectivity index (χ3v) is 4.19. The summed E-state index contributed by atoms with van der Waals surface area (Å²) < 4.78 is 0. The van der Waals surface area contributed by atoms with Crippen LogP contribution in [0, 0.1) is 11.8 Å². The molecule has 2 fully saturated rings. The average Bonchev–Trinajstić information content (AvgIpc) is 3.13. The summed E-state index contributed by atoms with van der Waals surface area (Å²) in [5.41, 5.74) is 0.